The molecule has 0 saturated carbocycles. The largest absolute Gasteiger partial charge is 0.495 e. The molecule has 1 aliphatic heterocycles. The van der Waals surface area contributed by atoms with E-state index in [-0.39, 0.29) is 11.8 Å². The number of nitrogens with one attached hydrogen (secondary N) is 2. The number of rotatable bonds is 4. The van der Waals surface area contributed by atoms with Gasteiger partial charge in [0.15, 0.2) is 0 Å². The number of imidazole rings is 1. The topological polar surface area (TPSA) is 87.3 Å². The molecule has 7 nitrogen and oxygen atoms in total. The number of aromatic nitrogens is 2. The van der Waals surface area contributed by atoms with Crippen LogP contribution in [0.25, 0.3) is 11.0 Å². The zero-order valence-electron chi connectivity index (χ0n) is 15.0. The van der Waals surface area contributed by atoms with Crippen molar-refractivity contribution in [1.29, 1.82) is 0 Å². The third kappa shape index (κ3) is 3.36. The summed E-state index contributed by atoms with van der Waals surface area (Å²) in [6.45, 7) is 0.656. The van der Waals surface area contributed by atoms with Gasteiger partial charge >= 0.3 is 0 Å². The Kier molecular flexibility index (Phi) is 4.50. The van der Waals surface area contributed by atoms with E-state index in [1.807, 2.05) is 0 Å². The Hall–Kier alpha value is -3.35. The lowest BCUT2D eigenvalue weighted by atomic mass is 10.1. The maximum atomic E-state index is 12.6. The summed E-state index contributed by atoms with van der Waals surface area (Å²) in [4.78, 5) is 33.8. The van der Waals surface area contributed by atoms with Crippen LogP contribution in [0.3, 0.4) is 0 Å². The molecule has 1 fully saturated rings. The molecule has 0 atom stereocenters. The summed E-state index contributed by atoms with van der Waals surface area (Å²) >= 11 is 0. The zero-order valence-corrected chi connectivity index (χ0v) is 15.0. The van der Waals surface area contributed by atoms with Crippen molar-refractivity contribution in [3.05, 3.63) is 48.3 Å². The molecule has 2 N–H and O–H groups in total. The van der Waals surface area contributed by atoms with Gasteiger partial charge in [0.25, 0.3) is 5.91 Å². The number of H-pyrrole nitrogens is 1. The minimum absolute atomic E-state index is 0.0766. The van der Waals surface area contributed by atoms with E-state index in [0.717, 1.165) is 23.9 Å². The van der Waals surface area contributed by atoms with Crippen LogP contribution in [-0.2, 0) is 4.79 Å². The first kappa shape index (κ1) is 17.1. The van der Waals surface area contributed by atoms with Crippen molar-refractivity contribution in [2.24, 2.45) is 0 Å². The fourth-order valence-electron chi connectivity index (χ4n) is 3.32. The number of anilines is 2. The highest BCUT2D eigenvalue weighted by Crippen LogP contribution is 2.33. The van der Waals surface area contributed by atoms with Gasteiger partial charge in [0.05, 0.1) is 30.2 Å². The first-order valence-corrected chi connectivity index (χ1v) is 8.88. The van der Waals surface area contributed by atoms with Crippen LogP contribution in [-0.4, -0.2) is 35.4 Å². The zero-order chi connectivity index (χ0) is 18.8. The van der Waals surface area contributed by atoms with Gasteiger partial charge in [-0.1, -0.05) is 0 Å². The fraction of sp³-hybridized carbons (Fsp3) is 0.250. The van der Waals surface area contributed by atoms with Crippen LogP contribution in [0.1, 0.15) is 29.6 Å². The van der Waals surface area contributed by atoms with Crippen LogP contribution < -0.4 is 15.0 Å². The molecule has 7 heteroatoms. The third-order valence-electron chi connectivity index (χ3n) is 4.73. The van der Waals surface area contributed by atoms with E-state index < -0.39 is 0 Å². The lowest BCUT2D eigenvalue weighted by Gasteiger charge is -2.28. The van der Waals surface area contributed by atoms with Gasteiger partial charge < -0.3 is 19.9 Å². The Morgan fingerprint density at radius 1 is 1.22 bits per heavy atom. The van der Waals surface area contributed by atoms with E-state index in [1.165, 1.54) is 0 Å². The first-order valence-electron chi connectivity index (χ1n) is 8.88. The molecule has 0 bridgehead atoms. The smallest absolute Gasteiger partial charge is 0.255 e. The summed E-state index contributed by atoms with van der Waals surface area (Å²) in [6.07, 6.45) is 3.99. The van der Waals surface area contributed by atoms with Gasteiger partial charge in [0, 0.05) is 24.2 Å². The summed E-state index contributed by atoms with van der Waals surface area (Å²) < 4.78 is 5.41. The van der Waals surface area contributed by atoms with Gasteiger partial charge in [0.2, 0.25) is 5.91 Å². The standard InChI is InChI=1S/C20H20N4O3/c1-27-18-8-6-14(11-17(18)24-9-3-2-4-19(24)25)23-20(26)13-5-7-15-16(10-13)22-12-21-15/h5-8,10-12H,2-4,9H2,1H3,(H,21,22)(H,23,26). The number of carbonyl (C=O) groups excluding carboxylic acids is 2. The Labute approximate surface area is 156 Å². The number of hydrogen-bond donors (Lipinski definition) is 2. The molecular formula is C20H20N4O3. The molecule has 0 unspecified atom stereocenters. The number of hydrogen-bond acceptors (Lipinski definition) is 4. The van der Waals surface area contributed by atoms with E-state index in [0.29, 0.717) is 35.7 Å². The summed E-state index contributed by atoms with van der Waals surface area (Å²) in [5.74, 6) is 0.461. The highest BCUT2D eigenvalue weighted by molar-refractivity contribution is 6.06. The van der Waals surface area contributed by atoms with E-state index in [4.69, 9.17) is 4.74 Å². The van der Waals surface area contributed by atoms with Crippen molar-refractivity contribution >= 4 is 34.2 Å². The van der Waals surface area contributed by atoms with Crippen LogP contribution in [0.5, 0.6) is 5.75 Å². The maximum absolute atomic E-state index is 12.6. The Balaban J connectivity index is 1.60. The highest BCUT2D eigenvalue weighted by atomic mass is 16.5. The van der Waals surface area contributed by atoms with Crippen molar-refractivity contribution in [2.45, 2.75) is 19.3 Å². The van der Waals surface area contributed by atoms with Crippen LogP contribution in [0.2, 0.25) is 0 Å². The van der Waals surface area contributed by atoms with Crippen LogP contribution in [0.4, 0.5) is 11.4 Å². The molecule has 1 aliphatic rings. The van der Waals surface area contributed by atoms with Crippen molar-refractivity contribution in [3.63, 3.8) is 0 Å². The van der Waals surface area contributed by atoms with E-state index in [2.05, 4.69) is 15.3 Å². The van der Waals surface area contributed by atoms with Crippen molar-refractivity contribution in [1.82, 2.24) is 9.97 Å². The van der Waals surface area contributed by atoms with Crippen molar-refractivity contribution < 1.29 is 14.3 Å². The Bertz CT molecular complexity index is 1010. The molecule has 0 aliphatic carbocycles. The Morgan fingerprint density at radius 2 is 2.11 bits per heavy atom. The molecule has 1 saturated heterocycles. The second kappa shape index (κ2) is 7.11. The van der Waals surface area contributed by atoms with Crippen molar-refractivity contribution in [2.75, 3.05) is 23.9 Å². The number of ether oxygens (including phenoxy) is 1. The average molecular weight is 364 g/mol. The van der Waals surface area contributed by atoms with Crippen LogP contribution in [0.15, 0.2) is 42.7 Å². The van der Waals surface area contributed by atoms with Crippen LogP contribution >= 0.6 is 0 Å². The van der Waals surface area contributed by atoms with E-state index in [1.54, 1.807) is 54.7 Å². The summed E-state index contributed by atoms with van der Waals surface area (Å²) in [6, 6.07) is 10.6. The average Bonchev–Trinajstić information content (AvgIpc) is 3.16. The number of piperidine rings is 1. The second-order valence-corrected chi connectivity index (χ2v) is 6.48. The van der Waals surface area contributed by atoms with Crippen molar-refractivity contribution in [3.8, 4) is 5.75 Å². The molecule has 2 amide bonds. The number of benzene rings is 2. The van der Waals surface area contributed by atoms with Gasteiger partial charge in [-0.05, 0) is 49.2 Å². The minimum Gasteiger partial charge on any atom is -0.495 e. The second-order valence-electron chi connectivity index (χ2n) is 6.48. The van der Waals surface area contributed by atoms with Crippen LogP contribution in [0, 0.1) is 0 Å². The number of amides is 2. The predicted octanol–water partition coefficient (Wildman–Crippen LogP) is 3.34. The lowest BCUT2D eigenvalue weighted by molar-refractivity contribution is -0.119. The van der Waals surface area contributed by atoms with Gasteiger partial charge in [0.1, 0.15) is 5.75 Å². The molecule has 0 spiro atoms. The van der Waals surface area contributed by atoms with Gasteiger partial charge in [-0.25, -0.2) is 4.98 Å². The summed E-state index contributed by atoms with van der Waals surface area (Å²) in [7, 11) is 1.57. The molecule has 0 radical (unpaired) electrons. The number of methoxy groups -OCH3 is 1. The Morgan fingerprint density at radius 3 is 2.93 bits per heavy atom. The molecule has 27 heavy (non-hydrogen) atoms. The minimum atomic E-state index is -0.229. The number of fused-ring (bicyclic) bond motifs is 1. The first-order chi connectivity index (χ1) is 13.2. The summed E-state index contributed by atoms with van der Waals surface area (Å²) in [5, 5.41) is 2.89. The monoisotopic (exact) mass is 364 g/mol. The molecule has 138 valence electrons. The maximum Gasteiger partial charge on any atom is 0.255 e. The lowest BCUT2D eigenvalue weighted by Crippen LogP contribution is -2.35. The molecule has 4 rings (SSSR count). The van der Waals surface area contributed by atoms with E-state index in [9.17, 15) is 9.59 Å². The molecule has 1 aromatic heterocycles. The number of carbonyl (C=O) groups is 2. The quantitative estimate of drug-likeness (QED) is 0.743. The SMILES string of the molecule is COc1ccc(NC(=O)c2ccc3nc[nH]c3c2)cc1N1CCCCC1=O. The normalized spacial score (nSPS) is 14.4. The van der Waals surface area contributed by atoms with Gasteiger partial charge in [-0.3, -0.25) is 9.59 Å². The molecular weight excluding hydrogens is 344 g/mol. The third-order valence-corrected chi connectivity index (χ3v) is 4.73. The number of nitrogens with zero attached hydrogens (tertiary/aromatic N) is 2. The van der Waals surface area contributed by atoms with Gasteiger partial charge in [-0.2, -0.15) is 0 Å². The predicted molar refractivity (Wildman–Crippen MR) is 103 cm³/mol. The molecule has 3 aromatic rings. The molecule has 2 heterocycles. The van der Waals surface area contributed by atoms with Gasteiger partial charge in [-0.15, -0.1) is 0 Å². The number of aromatic amines is 1. The summed E-state index contributed by atoms with van der Waals surface area (Å²) in [5.41, 5.74) is 3.43. The van der Waals surface area contributed by atoms with E-state index >= 15 is 0 Å². The fourth-order valence-corrected chi connectivity index (χ4v) is 3.32. The highest BCUT2D eigenvalue weighted by Gasteiger charge is 2.23. The molecule has 2 aromatic carbocycles.